The van der Waals surface area contributed by atoms with E-state index in [2.05, 4.69) is 15.5 Å². The Morgan fingerprint density at radius 1 is 1.20 bits per heavy atom. The van der Waals surface area contributed by atoms with Crippen molar-refractivity contribution in [2.24, 2.45) is 0 Å². The predicted octanol–water partition coefficient (Wildman–Crippen LogP) is 3.53. The van der Waals surface area contributed by atoms with Crippen LogP contribution in [0.3, 0.4) is 0 Å². The largest absolute Gasteiger partial charge is 0.482 e. The lowest BCUT2D eigenvalue weighted by Crippen LogP contribution is -2.43. The van der Waals surface area contributed by atoms with Crippen molar-refractivity contribution >= 4 is 23.2 Å². The number of nitrogens with zero attached hydrogens (tertiary/aromatic N) is 3. The fourth-order valence-corrected chi connectivity index (χ4v) is 3.24. The Morgan fingerprint density at radius 3 is 2.77 bits per heavy atom. The fourth-order valence-electron chi connectivity index (χ4n) is 3.24. The van der Waals surface area contributed by atoms with Gasteiger partial charge in [0.1, 0.15) is 12.3 Å². The maximum absolute atomic E-state index is 12.9. The molecule has 2 aromatic carbocycles. The van der Waals surface area contributed by atoms with E-state index in [1.54, 1.807) is 18.2 Å². The summed E-state index contributed by atoms with van der Waals surface area (Å²) in [4.78, 5) is 31.1. The second-order valence-corrected chi connectivity index (χ2v) is 7.39. The van der Waals surface area contributed by atoms with Crippen LogP contribution in [0.1, 0.15) is 31.2 Å². The van der Waals surface area contributed by atoms with Gasteiger partial charge in [-0.25, -0.2) is 0 Å². The predicted molar refractivity (Wildman–Crippen MR) is 111 cm³/mol. The van der Waals surface area contributed by atoms with Crippen molar-refractivity contribution < 1.29 is 18.8 Å². The molecule has 0 fully saturated rings. The number of hydrogen-bond donors (Lipinski definition) is 1. The number of para-hydroxylation sites is 3. The molecule has 2 amide bonds. The van der Waals surface area contributed by atoms with E-state index in [4.69, 9.17) is 9.26 Å². The van der Waals surface area contributed by atoms with E-state index >= 15 is 0 Å². The SMILES string of the molecule is Cc1cccc(-c2nc(C(C)C)no2)c1NC(=O)CN1C(=O)COc2ccccc21. The second-order valence-electron chi connectivity index (χ2n) is 7.39. The standard InChI is InChI=1S/C22H22N4O4/c1-13(2)21-24-22(30-25-21)15-8-6-7-14(3)20(15)23-18(27)11-26-16-9-4-5-10-17(16)29-12-19(26)28/h4-10,13H,11-12H2,1-3H3,(H,23,27). The van der Waals surface area contributed by atoms with Crippen molar-refractivity contribution in [2.45, 2.75) is 26.7 Å². The maximum Gasteiger partial charge on any atom is 0.265 e. The van der Waals surface area contributed by atoms with Gasteiger partial charge in [-0.2, -0.15) is 4.98 Å². The molecular formula is C22H22N4O4. The zero-order chi connectivity index (χ0) is 21.3. The van der Waals surface area contributed by atoms with Gasteiger partial charge < -0.3 is 14.6 Å². The smallest absolute Gasteiger partial charge is 0.265 e. The number of carbonyl (C=O) groups is 2. The number of carbonyl (C=O) groups excluding carboxylic acids is 2. The van der Waals surface area contributed by atoms with Gasteiger partial charge in [-0.3, -0.25) is 14.5 Å². The van der Waals surface area contributed by atoms with Crippen LogP contribution in [0.4, 0.5) is 11.4 Å². The molecule has 0 unspecified atom stereocenters. The van der Waals surface area contributed by atoms with Gasteiger partial charge in [0, 0.05) is 5.92 Å². The van der Waals surface area contributed by atoms with E-state index in [9.17, 15) is 9.59 Å². The first kappa shape index (κ1) is 19.6. The number of nitrogens with one attached hydrogen (secondary N) is 1. The van der Waals surface area contributed by atoms with E-state index in [1.807, 2.05) is 45.0 Å². The van der Waals surface area contributed by atoms with Gasteiger partial charge in [0.05, 0.1) is 16.9 Å². The molecule has 1 aliphatic heterocycles. The van der Waals surface area contributed by atoms with E-state index in [0.29, 0.717) is 34.4 Å². The first-order valence-electron chi connectivity index (χ1n) is 9.69. The molecule has 2 heterocycles. The molecule has 0 saturated carbocycles. The summed E-state index contributed by atoms with van der Waals surface area (Å²) in [6.45, 7) is 5.61. The van der Waals surface area contributed by atoms with Gasteiger partial charge in [0.2, 0.25) is 5.91 Å². The quantitative estimate of drug-likeness (QED) is 0.696. The van der Waals surface area contributed by atoms with Crippen molar-refractivity contribution in [3.63, 3.8) is 0 Å². The summed E-state index contributed by atoms with van der Waals surface area (Å²) >= 11 is 0. The molecule has 1 N–H and O–H groups in total. The summed E-state index contributed by atoms with van der Waals surface area (Å²) in [7, 11) is 0. The third-order valence-electron chi connectivity index (χ3n) is 4.84. The van der Waals surface area contributed by atoms with Crippen LogP contribution in [0.5, 0.6) is 5.75 Å². The highest BCUT2D eigenvalue weighted by Crippen LogP contribution is 2.33. The molecule has 0 bridgehead atoms. The minimum Gasteiger partial charge on any atom is -0.482 e. The number of aromatic nitrogens is 2. The van der Waals surface area contributed by atoms with Crippen molar-refractivity contribution in [3.05, 3.63) is 53.9 Å². The summed E-state index contributed by atoms with van der Waals surface area (Å²) in [6.07, 6.45) is 0. The number of anilines is 2. The van der Waals surface area contributed by atoms with Gasteiger partial charge >= 0.3 is 0 Å². The molecular weight excluding hydrogens is 384 g/mol. The summed E-state index contributed by atoms with van der Waals surface area (Å²) in [5.74, 6) is 1.03. The van der Waals surface area contributed by atoms with Crippen molar-refractivity contribution in [1.82, 2.24) is 10.1 Å². The van der Waals surface area contributed by atoms with Crippen LogP contribution >= 0.6 is 0 Å². The van der Waals surface area contributed by atoms with Gasteiger partial charge in [0.25, 0.3) is 11.8 Å². The number of aryl methyl sites for hydroxylation is 1. The number of rotatable bonds is 5. The Bertz CT molecular complexity index is 1110. The lowest BCUT2D eigenvalue weighted by molar-refractivity contribution is -0.123. The molecule has 1 aromatic heterocycles. The number of benzene rings is 2. The molecule has 0 aliphatic carbocycles. The lowest BCUT2D eigenvalue weighted by Gasteiger charge is -2.28. The monoisotopic (exact) mass is 406 g/mol. The second kappa shape index (κ2) is 7.98. The van der Waals surface area contributed by atoms with E-state index in [0.717, 1.165) is 5.56 Å². The third kappa shape index (κ3) is 3.76. The molecule has 154 valence electrons. The highest BCUT2D eigenvalue weighted by atomic mass is 16.5. The Morgan fingerprint density at radius 2 is 2.00 bits per heavy atom. The third-order valence-corrected chi connectivity index (χ3v) is 4.84. The molecule has 4 rings (SSSR count). The van der Waals surface area contributed by atoms with E-state index in [1.165, 1.54) is 4.90 Å². The number of ether oxygens (including phenoxy) is 1. The first-order chi connectivity index (χ1) is 14.4. The molecule has 8 nitrogen and oxygen atoms in total. The Hall–Kier alpha value is -3.68. The Kier molecular flexibility index (Phi) is 5.22. The molecule has 0 spiro atoms. The average molecular weight is 406 g/mol. The average Bonchev–Trinajstić information content (AvgIpc) is 3.22. The normalized spacial score (nSPS) is 13.2. The summed E-state index contributed by atoms with van der Waals surface area (Å²) in [5, 5.41) is 6.92. The van der Waals surface area contributed by atoms with Crippen LogP contribution in [-0.2, 0) is 9.59 Å². The van der Waals surface area contributed by atoms with Gasteiger partial charge in [0.15, 0.2) is 12.4 Å². The van der Waals surface area contributed by atoms with Crippen LogP contribution < -0.4 is 15.0 Å². The van der Waals surface area contributed by atoms with Crippen LogP contribution in [0.2, 0.25) is 0 Å². The molecule has 0 radical (unpaired) electrons. The number of amides is 2. The fraction of sp³-hybridized carbons (Fsp3) is 0.273. The minimum atomic E-state index is -0.334. The van der Waals surface area contributed by atoms with Crippen molar-refractivity contribution in [2.75, 3.05) is 23.4 Å². The summed E-state index contributed by atoms with van der Waals surface area (Å²) in [6, 6.07) is 12.7. The van der Waals surface area contributed by atoms with Crippen LogP contribution in [0.25, 0.3) is 11.5 Å². The van der Waals surface area contributed by atoms with Gasteiger partial charge in [-0.05, 0) is 30.7 Å². The Balaban J connectivity index is 1.59. The molecule has 0 saturated heterocycles. The number of fused-ring (bicyclic) bond motifs is 1. The molecule has 30 heavy (non-hydrogen) atoms. The highest BCUT2D eigenvalue weighted by Gasteiger charge is 2.27. The van der Waals surface area contributed by atoms with Crippen LogP contribution in [-0.4, -0.2) is 35.1 Å². The molecule has 8 heteroatoms. The molecule has 0 atom stereocenters. The molecule has 3 aromatic rings. The topological polar surface area (TPSA) is 97.6 Å². The summed E-state index contributed by atoms with van der Waals surface area (Å²) in [5.41, 5.74) is 2.64. The zero-order valence-electron chi connectivity index (χ0n) is 17.0. The van der Waals surface area contributed by atoms with E-state index < -0.39 is 0 Å². The zero-order valence-corrected chi connectivity index (χ0v) is 17.0. The first-order valence-corrected chi connectivity index (χ1v) is 9.69. The highest BCUT2D eigenvalue weighted by molar-refractivity contribution is 6.06. The summed E-state index contributed by atoms with van der Waals surface area (Å²) < 4.78 is 10.8. The van der Waals surface area contributed by atoms with Gasteiger partial charge in [-0.1, -0.05) is 43.3 Å². The Labute approximate surface area is 173 Å². The van der Waals surface area contributed by atoms with Crippen LogP contribution in [0.15, 0.2) is 47.0 Å². The van der Waals surface area contributed by atoms with Crippen LogP contribution in [0, 0.1) is 6.92 Å². The van der Waals surface area contributed by atoms with E-state index in [-0.39, 0.29) is 30.9 Å². The maximum atomic E-state index is 12.9. The van der Waals surface area contributed by atoms with Gasteiger partial charge in [-0.15, -0.1) is 0 Å². The lowest BCUT2D eigenvalue weighted by atomic mass is 10.1. The van der Waals surface area contributed by atoms with Crippen molar-refractivity contribution in [3.8, 4) is 17.2 Å². The number of hydrogen-bond acceptors (Lipinski definition) is 6. The molecule has 1 aliphatic rings. The van der Waals surface area contributed by atoms with Crippen molar-refractivity contribution in [1.29, 1.82) is 0 Å². The minimum absolute atomic E-state index is 0.0973.